The van der Waals surface area contributed by atoms with E-state index in [-0.39, 0.29) is 17.2 Å². The van der Waals surface area contributed by atoms with Crippen LogP contribution in [0.25, 0.3) is 11.1 Å². The van der Waals surface area contributed by atoms with Crippen LogP contribution in [0.4, 0.5) is 10.1 Å². The Labute approximate surface area is 128 Å². The second-order valence-electron chi connectivity index (χ2n) is 5.93. The predicted octanol–water partition coefficient (Wildman–Crippen LogP) is 3.68. The predicted molar refractivity (Wildman–Crippen MR) is 83.1 cm³/mol. The quantitative estimate of drug-likeness (QED) is 0.880. The molecule has 1 aromatic heterocycles. The first-order valence-corrected chi connectivity index (χ1v) is 6.85. The minimum Gasteiger partial charge on any atom is -0.325 e. The second-order valence-corrected chi connectivity index (χ2v) is 5.93. The van der Waals surface area contributed by atoms with Crippen LogP contribution in [0.1, 0.15) is 31.3 Å². The SMILES string of the molecule is CC(C)(C)C(=O)Nc1ccccc1-c1ccnc(C=O)c1F. The Hall–Kier alpha value is -2.56. The van der Waals surface area contributed by atoms with E-state index in [1.807, 2.05) is 0 Å². The van der Waals surface area contributed by atoms with E-state index >= 15 is 0 Å². The van der Waals surface area contributed by atoms with Crippen molar-refractivity contribution in [3.05, 3.63) is 48.0 Å². The number of aldehydes is 1. The minimum atomic E-state index is -0.699. The van der Waals surface area contributed by atoms with Crippen molar-refractivity contribution in [2.45, 2.75) is 20.8 Å². The molecule has 0 atom stereocenters. The summed E-state index contributed by atoms with van der Waals surface area (Å²) in [6.07, 6.45) is 1.74. The summed E-state index contributed by atoms with van der Waals surface area (Å²) in [5, 5.41) is 2.80. The van der Waals surface area contributed by atoms with Crippen molar-refractivity contribution >= 4 is 17.9 Å². The van der Waals surface area contributed by atoms with Gasteiger partial charge < -0.3 is 5.32 Å². The summed E-state index contributed by atoms with van der Waals surface area (Å²) >= 11 is 0. The van der Waals surface area contributed by atoms with Gasteiger partial charge in [0.05, 0.1) is 0 Å². The van der Waals surface area contributed by atoms with Crippen LogP contribution in [0.2, 0.25) is 0 Å². The third kappa shape index (κ3) is 3.19. The number of para-hydroxylation sites is 1. The number of halogens is 1. The summed E-state index contributed by atoms with van der Waals surface area (Å²) in [5.74, 6) is -0.875. The summed E-state index contributed by atoms with van der Waals surface area (Å²) in [5.41, 5.74) is 0.390. The molecule has 1 aromatic carbocycles. The zero-order valence-electron chi connectivity index (χ0n) is 12.7. The summed E-state index contributed by atoms with van der Waals surface area (Å²) in [4.78, 5) is 26.7. The molecule has 5 heteroatoms. The highest BCUT2D eigenvalue weighted by molar-refractivity contribution is 5.98. The zero-order valence-corrected chi connectivity index (χ0v) is 12.7. The van der Waals surface area contributed by atoms with Crippen molar-refractivity contribution < 1.29 is 14.0 Å². The molecule has 1 amide bonds. The first kappa shape index (κ1) is 15.8. The molecule has 0 saturated heterocycles. The lowest BCUT2D eigenvalue weighted by Crippen LogP contribution is -2.27. The average Bonchev–Trinajstić information content (AvgIpc) is 2.47. The van der Waals surface area contributed by atoms with Gasteiger partial charge in [-0.1, -0.05) is 39.0 Å². The van der Waals surface area contributed by atoms with Crippen LogP contribution in [-0.4, -0.2) is 17.2 Å². The Morgan fingerprint density at radius 1 is 1.18 bits per heavy atom. The van der Waals surface area contributed by atoms with E-state index in [1.165, 1.54) is 12.3 Å². The topological polar surface area (TPSA) is 59.1 Å². The molecule has 1 heterocycles. The van der Waals surface area contributed by atoms with Crippen LogP contribution in [0, 0.1) is 11.2 Å². The number of anilines is 1. The van der Waals surface area contributed by atoms with Crippen molar-refractivity contribution in [2.24, 2.45) is 5.41 Å². The number of aromatic nitrogens is 1. The summed E-state index contributed by atoms with van der Waals surface area (Å²) in [7, 11) is 0. The van der Waals surface area contributed by atoms with Gasteiger partial charge in [-0.3, -0.25) is 14.6 Å². The number of nitrogens with one attached hydrogen (secondary N) is 1. The lowest BCUT2D eigenvalue weighted by Gasteiger charge is -2.19. The molecular weight excluding hydrogens is 283 g/mol. The molecule has 0 aliphatic heterocycles. The van der Waals surface area contributed by atoms with Gasteiger partial charge in [0.25, 0.3) is 0 Å². The van der Waals surface area contributed by atoms with Gasteiger partial charge in [0.1, 0.15) is 5.69 Å². The molecule has 0 fully saturated rings. The van der Waals surface area contributed by atoms with E-state index in [0.717, 1.165) is 0 Å². The lowest BCUT2D eigenvalue weighted by molar-refractivity contribution is -0.123. The van der Waals surface area contributed by atoms with Crippen molar-refractivity contribution in [1.82, 2.24) is 4.98 Å². The number of rotatable bonds is 3. The zero-order chi connectivity index (χ0) is 16.3. The number of amides is 1. The van der Waals surface area contributed by atoms with Gasteiger partial charge in [-0.2, -0.15) is 0 Å². The molecular formula is C17H17FN2O2. The van der Waals surface area contributed by atoms with Crippen molar-refractivity contribution in [3.63, 3.8) is 0 Å². The first-order valence-electron chi connectivity index (χ1n) is 6.85. The lowest BCUT2D eigenvalue weighted by atomic mass is 9.95. The summed E-state index contributed by atoms with van der Waals surface area (Å²) < 4.78 is 14.3. The Morgan fingerprint density at radius 2 is 1.86 bits per heavy atom. The molecule has 0 bridgehead atoms. The molecule has 22 heavy (non-hydrogen) atoms. The molecule has 1 N–H and O–H groups in total. The Balaban J connectivity index is 2.50. The Morgan fingerprint density at radius 3 is 2.50 bits per heavy atom. The van der Waals surface area contributed by atoms with Crippen LogP contribution in [0.3, 0.4) is 0 Å². The van der Waals surface area contributed by atoms with Crippen LogP contribution in [-0.2, 0) is 4.79 Å². The number of hydrogen-bond donors (Lipinski definition) is 1. The molecule has 4 nitrogen and oxygen atoms in total. The van der Waals surface area contributed by atoms with Gasteiger partial charge in [0, 0.05) is 28.4 Å². The molecule has 0 spiro atoms. The van der Waals surface area contributed by atoms with Crippen molar-refractivity contribution in [3.8, 4) is 11.1 Å². The summed E-state index contributed by atoms with van der Waals surface area (Å²) in [6, 6.07) is 8.35. The highest BCUT2D eigenvalue weighted by Gasteiger charge is 2.23. The molecule has 2 aromatic rings. The maximum absolute atomic E-state index is 14.3. The number of pyridine rings is 1. The molecule has 0 saturated carbocycles. The molecule has 0 aliphatic carbocycles. The highest BCUT2D eigenvalue weighted by Crippen LogP contribution is 2.31. The number of nitrogens with zero attached hydrogens (tertiary/aromatic N) is 1. The molecule has 2 rings (SSSR count). The van der Waals surface area contributed by atoms with Gasteiger partial charge in [-0.05, 0) is 12.1 Å². The van der Waals surface area contributed by atoms with E-state index in [1.54, 1.807) is 45.0 Å². The van der Waals surface area contributed by atoms with E-state index in [2.05, 4.69) is 10.3 Å². The maximum atomic E-state index is 14.3. The van der Waals surface area contributed by atoms with Gasteiger partial charge in [-0.25, -0.2) is 4.39 Å². The maximum Gasteiger partial charge on any atom is 0.229 e. The molecule has 0 radical (unpaired) electrons. The van der Waals surface area contributed by atoms with Gasteiger partial charge in [0.2, 0.25) is 5.91 Å². The van der Waals surface area contributed by atoms with Crippen LogP contribution in [0.15, 0.2) is 36.5 Å². The fourth-order valence-electron chi connectivity index (χ4n) is 1.89. The monoisotopic (exact) mass is 300 g/mol. The molecule has 114 valence electrons. The van der Waals surface area contributed by atoms with Gasteiger partial charge >= 0.3 is 0 Å². The minimum absolute atomic E-state index is 0.176. The third-order valence-electron chi connectivity index (χ3n) is 3.17. The van der Waals surface area contributed by atoms with E-state index in [0.29, 0.717) is 17.5 Å². The fraction of sp³-hybridized carbons (Fsp3) is 0.235. The van der Waals surface area contributed by atoms with Crippen LogP contribution < -0.4 is 5.32 Å². The largest absolute Gasteiger partial charge is 0.325 e. The first-order chi connectivity index (χ1) is 10.3. The van der Waals surface area contributed by atoms with E-state index in [4.69, 9.17) is 0 Å². The van der Waals surface area contributed by atoms with Crippen molar-refractivity contribution in [2.75, 3.05) is 5.32 Å². The summed E-state index contributed by atoms with van der Waals surface area (Å²) in [6.45, 7) is 5.38. The number of benzene rings is 1. The van der Waals surface area contributed by atoms with Crippen LogP contribution in [0.5, 0.6) is 0 Å². The van der Waals surface area contributed by atoms with Gasteiger partial charge in [-0.15, -0.1) is 0 Å². The highest BCUT2D eigenvalue weighted by atomic mass is 19.1. The molecule has 0 aliphatic rings. The number of hydrogen-bond acceptors (Lipinski definition) is 3. The normalized spacial score (nSPS) is 11.1. The third-order valence-corrected chi connectivity index (χ3v) is 3.17. The fourth-order valence-corrected chi connectivity index (χ4v) is 1.89. The average molecular weight is 300 g/mol. The van der Waals surface area contributed by atoms with E-state index in [9.17, 15) is 14.0 Å². The van der Waals surface area contributed by atoms with E-state index < -0.39 is 11.2 Å². The van der Waals surface area contributed by atoms with Gasteiger partial charge in [0.15, 0.2) is 12.1 Å². The second kappa shape index (κ2) is 6.05. The standard InChI is InChI=1S/C17H17FN2O2/c1-17(2,3)16(22)20-13-7-5-4-6-11(13)12-8-9-19-14(10-21)15(12)18/h4-10H,1-3H3,(H,20,22). The van der Waals surface area contributed by atoms with Crippen LogP contribution >= 0.6 is 0 Å². The Bertz CT molecular complexity index is 721. The van der Waals surface area contributed by atoms with Crippen molar-refractivity contribution in [1.29, 1.82) is 0 Å². The Kier molecular flexibility index (Phi) is 4.35. The smallest absolute Gasteiger partial charge is 0.229 e. The molecule has 0 unspecified atom stereocenters. The number of carbonyl (C=O) groups excluding carboxylic acids is 2. The number of carbonyl (C=O) groups is 2.